The molecule has 0 atom stereocenters. The van der Waals surface area contributed by atoms with E-state index in [9.17, 15) is 0 Å². The molecule has 2 rings (SSSR count). The van der Waals surface area contributed by atoms with E-state index >= 15 is 0 Å². The first kappa shape index (κ1) is 12.2. The summed E-state index contributed by atoms with van der Waals surface area (Å²) in [5.74, 6) is 0.827. The van der Waals surface area contributed by atoms with Crippen LogP contribution in [0, 0.1) is 13.8 Å². The monoisotopic (exact) mass is 297 g/mol. The zero-order valence-corrected chi connectivity index (χ0v) is 12.0. The number of rotatable bonds is 2. The molecule has 2 aromatic heterocycles. The van der Waals surface area contributed by atoms with Gasteiger partial charge in [-0.2, -0.15) is 10.2 Å². The third kappa shape index (κ3) is 1.76. The lowest BCUT2D eigenvalue weighted by atomic mass is 10.3. The molecule has 0 saturated carbocycles. The number of halogens is 1. The summed E-state index contributed by atoms with van der Waals surface area (Å²) in [6, 6.07) is 0. The van der Waals surface area contributed by atoms with E-state index in [4.69, 9.17) is 5.73 Å². The fourth-order valence-corrected chi connectivity index (χ4v) is 2.18. The second-order valence-electron chi connectivity index (χ2n) is 4.06. The maximum absolute atomic E-state index is 6.12. The lowest BCUT2D eigenvalue weighted by Gasteiger charge is -2.05. The molecule has 0 aliphatic heterocycles. The molecule has 0 aliphatic rings. The molecular weight excluding hydrogens is 282 g/mol. The number of hydrogen-bond donors (Lipinski definition) is 1. The van der Waals surface area contributed by atoms with Gasteiger partial charge in [-0.25, -0.2) is 9.36 Å². The molecule has 2 aromatic rings. The molecule has 0 aliphatic carbocycles. The van der Waals surface area contributed by atoms with Gasteiger partial charge in [0, 0.05) is 7.05 Å². The first-order chi connectivity index (χ1) is 7.97. The van der Waals surface area contributed by atoms with E-state index in [2.05, 4.69) is 26.1 Å². The quantitative estimate of drug-likeness (QED) is 0.924. The normalized spacial score (nSPS) is 11.1. The molecular formula is C11H16BrN5. The van der Waals surface area contributed by atoms with Gasteiger partial charge in [0.15, 0.2) is 5.82 Å². The van der Waals surface area contributed by atoms with E-state index in [0.717, 1.165) is 33.8 Å². The number of nitrogens with zero attached hydrogens (tertiary/aromatic N) is 4. The summed E-state index contributed by atoms with van der Waals surface area (Å²) >= 11 is 3.52. The third-order valence-electron chi connectivity index (χ3n) is 2.87. The topological polar surface area (TPSA) is 61.7 Å². The lowest BCUT2D eigenvalue weighted by Crippen LogP contribution is -2.08. The standard InChI is InChI=1S/C11H16BrN5/c1-5-8-10(13)11(16(4)15-8)17-7(3)9(12)6(2)14-17/h5,13H2,1-4H3. The highest BCUT2D eigenvalue weighted by Crippen LogP contribution is 2.27. The van der Waals surface area contributed by atoms with Gasteiger partial charge in [0.1, 0.15) is 5.69 Å². The van der Waals surface area contributed by atoms with Crippen molar-refractivity contribution in [2.24, 2.45) is 7.05 Å². The van der Waals surface area contributed by atoms with E-state index in [0.29, 0.717) is 5.69 Å². The summed E-state index contributed by atoms with van der Waals surface area (Å²) in [5.41, 5.74) is 9.70. The highest BCUT2D eigenvalue weighted by Gasteiger charge is 2.18. The van der Waals surface area contributed by atoms with Crippen LogP contribution >= 0.6 is 15.9 Å². The highest BCUT2D eigenvalue weighted by molar-refractivity contribution is 9.10. The lowest BCUT2D eigenvalue weighted by molar-refractivity contribution is 0.679. The van der Waals surface area contributed by atoms with Crippen LogP contribution in [0.15, 0.2) is 4.47 Å². The Morgan fingerprint density at radius 3 is 2.35 bits per heavy atom. The van der Waals surface area contributed by atoms with Gasteiger partial charge in [0.05, 0.1) is 21.6 Å². The van der Waals surface area contributed by atoms with Crippen LogP contribution < -0.4 is 5.73 Å². The molecule has 0 saturated heterocycles. The van der Waals surface area contributed by atoms with Crippen LogP contribution in [0.2, 0.25) is 0 Å². The van der Waals surface area contributed by atoms with Crippen molar-refractivity contribution in [3.8, 4) is 5.82 Å². The summed E-state index contributed by atoms with van der Waals surface area (Å²) in [6.45, 7) is 6.00. The molecule has 0 unspecified atom stereocenters. The first-order valence-corrected chi connectivity index (χ1v) is 6.30. The summed E-state index contributed by atoms with van der Waals surface area (Å²) in [7, 11) is 1.88. The largest absolute Gasteiger partial charge is 0.394 e. The smallest absolute Gasteiger partial charge is 0.175 e. The number of nitrogen functional groups attached to an aromatic ring is 1. The van der Waals surface area contributed by atoms with Crippen molar-refractivity contribution < 1.29 is 0 Å². The predicted molar refractivity (Wildman–Crippen MR) is 71.3 cm³/mol. The predicted octanol–water partition coefficient (Wildman–Crippen LogP) is 2.13. The molecule has 5 nitrogen and oxygen atoms in total. The number of aryl methyl sites for hydroxylation is 3. The van der Waals surface area contributed by atoms with Crippen LogP contribution in [0.1, 0.15) is 24.0 Å². The summed E-state index contributed by atoms with van der Waals surface area (Å²) < 4.78 is 4.62. The van der Waals surface area contributed by atoms with Crippen molar-refractivity contribution in [3.63, 3.8) is 0 Å². The Morgan fingerprint density at radius 2 is 1.94 bits per heavy atom. The third-order valence-corrected chi connectivity index (χ3v) is 4.02. The maximum atomic E-state index is 6.12. The molecule has 0 bridgehead atoms. The van der Waals surface area contributed by atoms with E-state index in [1.807, 2.05) is 32.5 Å². The zero-order valence-electron chi connectivity index (χ0n) is 10.5. The molecule has 0 radical (unpaired) electrons. The van der Waals surface area contributed by atoms with Gasteiger partial charge in [0.2, 0.25) is 0 Å². The minimum absolute atomic E-state index is 0.702. The van der Waals surface area contributed by atoms with Crippen molar-refractivity contribution in [3.05, 3.63) is 21.6 Å². The van der Waals surface area contributed by atoms with Crippen molar-refractivity contribution in [2.45, 2.75) is 27.2 Å². The molecule has 6 heteroatoms. The van der Waals surface area contributed by atoms with Crippen LogP contribution in [-0.4, -0.2) is 19.6 Å². The second kappa shape index (κ2) is 4.18. The van der Waals surface area contributed by atoms with E-state index in [-0.39, 0.29) is 0 Å². The number of aromatic nitrogens is 4. The van der Waals surface area contributed by atoms with Crippen molar-refractivity contribution >= 4 is 21.6 Å². The number of anilines is 1. The fourth-order valence-electron chi connectivity index (χ4n) is 1.93. The summed E-state index contributed by atoms with van der Waals surface area (Å²) in [4.78, 5) is 0. The summed E-state index contributed by atoms with van der Waals surface area (Å²) in [5, 5.41) is 8.88. The Labute approximate surface area is 109 Å². The van der Waals surface area contributed by atoms with Gasteiger partial charge < -0.3 is 5.73 Å². The van der Waals surface area contributed by atoms with Crippen LogP contribution in [0.25, 0.3) is 5.82 Å². The minimum atomic E-state index is 0.702. The van der Waals surface area contributed by atoms with Gasteiger partial charge in [-0.05, 0) is 36.2 Å². The highest BCUT2D eigenvalue weighted by atomic mass is 79.9. The van der Waals surface area contributed by atoms with E-state index in [1.54, 1.807) is 4.68 Å². The Morgan fingerprint density at radius 1 is 1.29 bits per heavy atom. The molecule has 0 spiro atoms. The van der Waals surface area contributed by atoms with Crippen molar-refractivity contribution in [1.82, 2.24) is 19.6 Å². The van der Waals surface area contributed by atoms with Gasteiger partial charge in [-0.1, -0.05) is 6.92 Å². The Balaban J connectivity index is 2.68. The molecule has 0 amide bonds. The van der Waals surface area contributed by atoms with Crippen LogP contribution in [-0.2, 0) is 13.5 Å². The summed E-state index contributed by atoms with van der Waals surface area (Å²) in [6.07, 6.45) is 0.820. The fraction of sp³-hybridized carbons (Fsp3) is 0.455. The average molecular weight is 298 g/mol. The van der Waals surface area contributed by atoms with Crippen LogP contribution in [0.4, 0.5) is 5.69 Å². The molecule has 92 valence electrons. The average Bonchev–Trinajstić information content (AvgIpc) is 2.71. The molecule has 2 heterocycles. The zero-order chi connectivity index (χ0) is 12.7. The Hall–Kier alpha value is -1.30. The Kier molecular flexibility index (Phi) is 2.99. The molecule has 2 N–H and O–H groups in total. The molecule has 17 heavy (non-hydrogen) atoms. The van der Waals surface area contributed by atoms with Gasteiger partial charge in [-0.15, -0.1) is 0 Å². The van der Waals surface area contributed by atoms with Crippen molar-refractivity contribution in [2.75, 3.05) is 5.73 Å². The van der Waals surface area contributed by atoms with Crippen LogP contribution in [0.3, 0.4) is 0 Å². The van der Waals surface area contributed by atoms with E-state index in [1.165, 1.54) is 0 Å². The van der Waals surface area contributed by atoms with Gasteiger partial charge >= 0.3 is 0 Å². The Bertz CT molecular complexity index is 567. The number of hydrogen-bond acceptors (Lipinski definition) is 3. The maximum Gasteiger partial charge on any atom is 0.175 e. The second-order valence-corrected chi connectivity index (χ2v) is 4.85. The van der Waals surface area contributed by atoms with E-state index < -0.39 is 0 Å². The molecule has 0 fully saturated rings. The van der Waals surface area contributed by atoms with Crippen LogP contribution in [0.5, 0.6) is 0 Å². The first-order valence-electron chi connectivity index (χ1n) is 5.50. The number of nitrogens with two attached hydrogens (primary N) is 1. The van der Waals surface area contributed by atoms with Crippen molar-refractivity contribution in [1.29, 1.82) is 0 Å². The minimum Gasteiger partial charge on any atom is -0.394 e. The van der Waals surface area contributed by atoms with Gasteiger partial charge in [-0.3, -0.25) is 0 Å². The van der Waals surface area contributed by atoms with Gasteiger partial charge in [0.25, 0.3) is 0 Å². The SMILES string of the molecule is CCc1nn(C)c(-n2nc(C)c(Br)c2C)c1N. The molecule has 0 aromatic carbocycles.